The van der Waals surface area contributed by atoms with Crippen molar-refractivity contribution in [2.45, 2.75) is 19.3 Å². The summed E-state index contributed by atoms with van der Waals surface area (Å²) in [6.45, 7) is 2.28. The van der Waals surface area contributed by atoms with Crippen LogP contribution in [0, 0.1) is 17.7 Å². The minimum atomic E-state index is -0.358. The van der Waals surface area contributed by atoms with E-state index in [2.05, 4.69) is 11.4 Å². The normalized spacial score (nSPS) is 19.2. The number of para-hydroxylation sites is 1. The predicted molar refractivity (Wildman–Crippen MR) is 107 cm³/mol. The molecule has 1 N–H and O–H groups in total. The summed E-state index contributed by atoms with van der Waals surface area (Å²) in [6, 6.07) is 13.6. The summed E-state index contributed by atoms with van der Waals surface area (Å²) in [6.07, 6.45) is 2.19. The molecule has 0 saturated carbocycles. The van der Waals surface area contributed by atoms with Crippen LogP contribution in [0.2, 0.25) is 0 Å². The summed E-state index contributed by atoms with van der Waals surface area (Å²) in [5.41, 5.74) is 1.66. The molecule has 1 fully saturated rings. The number of hydrogen-bond donors (Lipinski definition) is 1. The zero-order valence-electron chi connectivity index (χ0n) is 16.3. The number of ether oxygens (including phenoxy) is 1. The molecule has 29 heavy (non-hydrogen) atoms. The summed E-state index contributed by atoms with van der Waals surface area (Å²) in [5, 5.41) is 3.07. The Morgan fingerprint density at radius 1 is 1.07 bits per heavy atom. The molecule has 2 aromatic rings. The van der Waals surface area contributed by atoms with Crippen LogP contribution >= 0.6 is 0 Å². The summed E-state index contributed by atoms with van der Waals surface area (Å²) in [5.74, 6) is 0.717. The average molecular weight is 396 g/mol. The first-order chi connectivity index (χ1) is 14.1. The summed E-state index contributed by atoms with van der Waals surface area (Å²) < 4.78 is 18.8. The molecular weight excluding hydrogens is 371 g/mol. The number of carbonyl (C=O) groups is 2. The van der Waals surface area contributed by atoms with Crippen LogP contribution in [-0.2, 0) is 11.2 Å². The first-order valence-corrected chi connectivity index (χ1v) is 10.1. The van der Waals surface area contributed by atoms with Gasteiger partial charge < -0.3 is 15.0 Å². The van der Waals surface area contributed by atoms with Crippen molar-refractivity contribution in [3.05, 3.63) is 65.5 Å². The number of carbonyl (C=O) groups excluding carboxylic acids is 2. The van der Waals surface area contributed by atoms with Crippen molar-refractivity contribution in [2.24, 2.45) is 11.8 Å². The van der Waals surface area contributed by atoms with E-state index in [1.165, 1.54) is 29.8 Å². The van der Waals surface area contributed by atoms with Crippen molar-refractivity contribution in [1.29, 1.82) is 0 Å². The lowest BCUT2D eigenvalue weighted by molar-refractivity contribution is -0.126. The molecule has 2 aromatic carbocycles. The van der Waals surface area contributed by atoms with E-state index in [1.807, 2.05) is 18.2 Å². The van der Waals surface area contributed by atoms with E-state index < -0.39 is 0 Å². The molecule has 0 spiro atoms. The number of piperidine rings is 1. The fourth-order valence-electron chi connectivity index (χ4n) is 4.03. The summed E-state index contributed by atoms with van der Waals surface area (Å²) in [4.78, 5) is 26.8. The van der Waals surface area contributed by atoms with Gasteiger partial charge in [-0.3, -0.25) is 9.59 Å². The molecule has 152 valence electrons. The maximum Gasteiger partial charge on any atom is 0.253 e. The number of hydrogen-bond acceptors (Lipinski definition) is 3. The topological polar surface area (TPSA) is 58.6 Å². The van der Waals surface area contributed by atoms with E-state index in [4.69, 9.17) is 4.74 Å². The maximum atomic E-state index is 13.0. The average Bonchev–Trinajstić information content (AvgIpc) is 2.77. The highest BCUT2D eigenvalue weighted by atomic mass is 19.1. The smallest absolute Gasteiger partial charge is 0.253 e. The van der Waals surface area contributed by atoms with Gasteiger partial charge >= 0.3 is 0 Å². The van der Waals surface area contributed by atoms with E-state index in [-0.39, 0.29) is 29.5 Å². The first kappa shape index (κ1) is 19.4. The number of halogens is 1. The van der Waals surface area contributed by atoms with E-state index in [1.54, 1.807) is 4.90 Å². The number of rotatable bonds is 4. The van der Waals surface area contributed by atoms with Crippen LogP contribution in [0.15, 0.2) is 48.5 Å². The van der Waals surface area contributed by atoms with Crippen molar-refractivity contribution in [1.82, 2.24) is 10.2 Å². The lowest BCUT2D eigenvalue weighted by Crippen LogP contribution is -2.44. The highest BCUT2D eigenvalue weighted by molar-refractivity contribution is 5.94. The van der Waals surface area contributed by atoms with Gasteiger partial charge in [-0.1, -0.05) is 18.2 Å². The molecule has 0 radical (unpaired) electrons. The molecule has 1 unspecified atom stereocenters. The Morgan fingerprint density at radius 2 is 1.79 bits per heavy atom. The standard InChI is InChI=1S/C23H25FN2O3/c24-20-7-5-18(6-8-20)23(28)26-11-9-17(10-12-26)22(27)25-14-16-13-19-3-1-2-4-21(19)29-15-16/h1-8,16-17H,9-15H2,(H,25,27). The minimum absolute atomic E-state index is 0.0535. The summed E-state index contributed by atoms with van der Waals surface area (Å²) in [7, 11) is 0. The molecular formula is C23H25FN2O3. The van der Waals surface area contributed by atoms with Gasteiger partial charge in [-0.15, -0.1) is 0 Å². The zero-order valence-corrected chi connectivity index (χ0v) is 16.3. The maximum absolute atomic E-state index is 13.0. The van der Waals surface area contributed by atoms with Gasteiger partial charge in [0.2, 0.25) is 5.91 Å². The van der Waals surface area contributed by atoms with Crippen LogP contribution in [-0.4, -0.2) is 43.0 Å². The SMILES string of the molecule is O=C(NCC1COc2ccccc2C1)C1CCN(C(=O)c2ccc(F)cc2)CC1. The van der Waals surface area contributed by atoms with Crippen molar-refractivity contribution in [3.63, 3.8) is 0 Å². The predicted octanol–water partition coefficient (Wildman–Crippen LogP) is 3.05. The van der Waals surface area contributed by atoms with Gasteiger partial charge in [0.1, 0.15) is 11.6 Å². The minimum Gasteiger partial charge on any atom is -0.493 e. The van der Waals surface area contributed by atoms with Crippen molar-refractivity contribution >= 4 is 11.8 Å². The number of benzene rings is 2. The van der Waals surface area contributed by atoms with Gasteiger partial charge in [0.25, 0.3) is 5.91 Å². The molecule has 2 heterocycles. The van der Waals surface area contributed by atoms with Gasteiger partial charge in [-0.25, -0.2) is 4.39 Å². The van der Waals surface area contributed by atoms with Gasteiger partial charge in [0, 0.05) is 37.0 Å². The number of fused-ring (bicyclic) bond motifs is 1. The second kappa shape index (κ2) is 8.64. The van der Waals surface area contributed by atoms with E-state index in [0.29, 0.717) is 44.6 Å². The number of likely N-dealkylation sites (tertiary alicyclic amines) is 1. The third-order valence-electron chi connectivity index (χ3n) is 5.76. The Kier molecular flexibility index (Phi) is 5.79. The van der Waals surface area contributed by atoms with E-state index in [9.17, 15) is 14.0 Å². The number of nitrogens with one attached hydrogen (secondary N) is 1. The number of amides is 2. The monoisotopic (exact) mass is 396 g/mol. The fourth-order valence-corrected chi connectivity index (χ4v) is 4.03. The van der Waals surface area contributed by atoms with Crippen LogP contribution in [0.4, 0.5) is 4.39 Å². The molecule has 2 aliphatic heterocycles. The van der Waals surface area contributed by atoms with Gasteiger partial charge in [0.05, 0.1) is 6.61 Å². The Bertz CT molecular complexity index is 876. The highest BCUT2D eigenvalue weighted by Crippen LogP contribution is 2.26. The lowest BCUT2D eigenvalue weighted by atomic mass is 9.94. The van der Waals surface area contributed by atoms with Gasteiger partial charge in [-0.2, -0.15) is 0 Å². The van der Waals surface area contributed by atoms with Crippen molar-refractivity contribution < 1.29 is 18.7 Å². The molecule has 0 bridgehead atoms. The van der Waals surface area contributed by atoms with E-state index in [0.717, 1.165) is 12.2 Å². The third kappa shape index (κ3) is 4.58. The largest absolute Gasteiger partial charge is 0.493 e. The molecule has 2 aliphatic rings. The summed E-state index contributed by atoms with van der Waals surface area (Å²) >= 11 is 0. The zero-order chi connectivity index (χ0) is 20.2. The molecule has 6 heteroatoms. The number of nitrogens with zero attached hydrogens (tertiary/aromatic N) is 1. The fraction of sp³-hybridized carbons (Fsp3) is 0.391. The molecule has 0 aliphatic carbocycles. The Hall–Kier alpha value is -2.89. The molecule has 2 amide bonds. The van der Waals surface area contributed by atoms with Crippen molar-refractivity contribution in [3.8, 4) is 5.75 Å². The molecule has 1 atom stereocenters. The van der Waals surface area contributed by atoms with Crippen LogP contribution < -0.4 is 10.1 Å². The Balaban J connectivity index is 1.23. The van der Waals surface area contributed by atoms with E-state index >= 15 is 0 Å². The van der Waals surface area contributed by atoms with Gasteiger partial charge in [0.15, 0.2) is 0 Å². The molecule has 0 aromatic heterocycles. The van der Waals surface area contributed by atoms with Gasteiger partial charge in [-0.05, 0) is 55.2 Å². The molecule has 4 rings (SSSR count). The first-order valence-electron chi connectivity index (χ1n) is 10.1. The van der Waals surface area contributed by atoms with Crippen molar-refractivity contribution in [2.75, 3.05) is 26.2 Å². The Morgan fingerprint density at radius 3 is 2.55 bits per heavy atom. The quantitative estimate of drug-likeness (QED) is 0.864. The second-order valence-electron chi connectivity index (χ2n) is 7.81. The van der Waals surface area contributed by atoms with Crippen LogP contribution in [0.5, 0.6) is 5.75 Å². The van der Waals surface area contributed by atoms with Crippen LogP contribution in [0.25, 0.3) is 0 Å². The second-order valence-corrected chi connectivity index (χ2v) is 7.81. The molecule has 5 nitrogen and oxygen atoms in total. The van der Waals surface area contributed by atoms with Crippen LogP contribution in [0.1, 0.15) is 28.8 Å². The molecule has 1 saturated heterocycles. The highest BCUT2D eigenvalue weighted by Gasteiger charge is 2.28. The third-order valence-corrected chi connectivity index (χ3v) is 5.76. The Labute approximate surface area is 169 Å². The lowest BCUT2D eigenvalue weighted by Gasteiger charge is -2.32. The van der Waals surface area contributed by atoms with Crippen LogP contribution in [0.3, 0.4) is 0 Å².